The SMILES string of the molecule is Cc1cc(S(=O)(=O)N2CCCC2)ccc1OCC(=O)Nc1c(C)cccc1C(C)C. The Hall–Kier alpha value is -2.38. The van der Waals surface area contributed by atoms with Gasteiger partial charge in [0.15, 0.2) is 6.61 Å². The van der Waals surface area contributed by atoms with Crippen LogP contribution in [0.15, 0.2) is 41.3 Å². The molecule has 6 nitrogen and oxygen atoms in total. The molecule has 1 aliphatic heterocycles. The Balaban J connectivity index is 1.67. The fourth-order valence-electron chi connectivity index (χ4n) is 3.68. The van der Waals surface area contributed by atoms with Gasteiger partial charge in [-0.2, -0.15) is 4.31 Å². The lowest BCUT2D eigenvalue weighted by molar-refractivity contribution is -0.118. The molecule has 0 unspecified atom stereocenters. The van der Waals surface area contributed by atoms with Gasteiger partial charge in [-0.3, -0.25) is 4.79 Å². The molecule has 1 heterocycles. The topological polar surface area (TPSA) is 75.7 Å². The lowest BCUT2D eigenvalue weighted by atomic mass is 9.98. The van der Waals surface area contributed by atoms with Crippen molar-refractivity contribution in [2.75, 3.05) is 25.0 Å². The van der Waals surface area contributed by atoms with E-state index in [9.17, 15) is 13.2 Å². The molecule has 1 N–H and O–H groups in total. The van der Waals surface area contributed by atoms with Crippen molar-refractivity contribution in [3.8, 4) is 5.75 Å². The van der Waals surface area contributed by atoms with Gasteiger partial charge in [0.1, 0.15) is 5.75 Å². The zero-order valence-electron chi connectivity index (χ0n) is 18.1. The first-order valence-electron chi connectivity index (χ1n) is 10.3. The molecule has 0 saturated carbocycles. The minimum atomic E-state index is -3.47. The predicted molar refractivity (Wildman–Crippen MR) is 119 cm³/mol. The van der Waals surface area contributed by atoms with Gasteiger partial charge >= 0.3 is 0 Å². The van der Waals surface area contributed by atoms with Gasteiger partial charge in [0.25, 0.3) is 5.91 Å². The van der Waals surface area contributed by atoms with Gasteiger partial charge in [0.2, 0.25) is 10.0 Å². The molecule has 0 radical (unpaired) electrons. The minimum absolute atomic E-state index is 0.148. The number of carbonyl (C=O) groups excluding carboxylic acids is 1. The predicted octanol–water partition coefficient (Wildman–Crippen LogP) is 4.23. The summed E-state index contributed by atoms with van der Waals surface area (Å²) in [6, 6.07) is 10.7. The Morgan fingerprint density at radius 2 is 1.80 bits per heavy atom. The maximum Gasteiger partial charge on any atom is 0.262 e. The van der Waals surface area contributed by atoms with Crippen molar-refractivity contribution in [1.29, 1.82) is 0 Å². The van der Waals surface area contributed by atoms with Crippen LogP contribution in [-0.4, -0.2) is 38.3 Å². The maximum atomic E-state index is 12.7. The number of nitrogens with one attached hydrogen (secondary N) is 1. The first kappa shape index (κ1) is 22.3. The van der Waals surface area contributed by atoms with Crippen molar-refractivity contribution in [3.05, 3.63) is 53.1 Å². The summed E-state index contributed by atoms with van der Waals surface area (Å²) in [5, 5.41) is 2.96. The number of carbonyl (C=O) groups is 1. The van der Waals surface area contributed by atoms with Crippen LogP contribution in [0.3, 0.4) is 0 Å². The first-order chi connectivity index (χ1) is 14.2. The van der Waals surface area contributed by atoms with Gasteiger partial charge < -0.3 is 10.1 Å². The van der Waals surface area contributed by atoms with E-state index in [2.05, 4.69) is 19.2 Å². The number of aryl methyl sites for hydroxylation is 2. The lowest BCUT2D eigenvalue weighted by Crippen LogP contribution is -2.28. The van der Waals surface area contributed by atoms with Gasteiger partial charge in [-0.05, 0) is 67.5 Å². The molecule has 1 amide bonds. The van der Waals surface area contributed by atoms with Crippen molar-refractivity contribution >= 4 is 21.6 Å². The third kappa shape index (κ3) is 4.84. The van der Waals surface area contributed by atoms with Crippen LogP contribution in [0.25, 0.3) is 0 Å². The number of para-hydroxylation sites is 1. The number of benzene rings is 2. The molecule has 162 valence electrons. The molecule has 1 saturated heterocycles. The number of amides is 1. The number of anilines is 1. The fraction of sp³-hybridized carbons (Fsp3) is 0.435. The molecule has 0 aromatic heterocycles. The van der Waals surface area contributed by atoms with Gasteiger partial charge in [0, 0.05) is 18.8 Å². The van der Waals surface area contributed by atoms with E-state index in [-0.39, 0.29) is 23.3 Å². The Bertz CT molecular complexity index is 1030. The molecular formula is C23H30N2O4S. The van der Waals surface area contributed by atoms with Crippen molar-refractivity contribution in [2.24, 2.45) is 0 Å². The zero-order valence-corrected chi connectivity index (χ0v) is 18.9. The smallest absolute Gasteiger partial charge is 0.262 e. The molecule has 0 spiro atoms. The zero-order chi connectivity index (χ0) is 21.9. The third-order valence-corrected chi connectivity index (χ3v) is 7.29. The summed E-state index contributed by atoms with van der Waals surface area (Å²) >= 11 is 0. The summed E-state index contributed by atoms with van der Waals surface area (Å²) in [6.45, 7) is 8.91. The summed E-state index contributed by atoms with van der Waals surface area (Å²) in [5.41, 5.74) is 3.59. The third-order valence-electron chi connectivity index (χ3n) is 5.40. The van der Waals surface area contributed by atoms with Crippen molar-refractivity contribution in [2.45, 2.75) is 51.3 Å². The van der Waals surface area contributed by atoms with Crippen LogP contribution in [0.1, 0.15) is 49.3 Å². The Kier molecular flexibility index (Phi) is 6.83. The molecule has 0 atom stereocenters. The van der Waals surface area contributed by atoms with Gasteiger partial charge in [-0.1, -0.05) is 32.0 Å². The van der Waals surface area contributed by atoms with Gasteiger partial charge in [-0.15, -0.1) is 0 Å². The van der Waals surface area contributed by atoms with Crippen LogP contribution < -0.4 is 10.1 Å². The van der Waals surface area contributed by atoms with Crippen LogP contribution in [0.2, 0.25) is 0 Å². The molecule has 30 heavy (non-hydrogen) atoms. The molecule has 1 fully saturated rings. The van der Waals surface area contributed by atoms with E-state index in [0.717, 1.165) is 29.7 Å². The van der Waals surface area contributed by atoms with Crippen molar-refractivity contribution in [3.63, 3.8) is 0 Å². The second-order valence-electron chi connectivity index (χ2n) is 8.07. The summed E-state index contributed by atoms with van der Waals surface area (Å²) in [7, 11) is -3.47. The summed E-state index contributed by atoms with van der Waals surface area (Å²) in [6.07, 6.45) is 1.79. The molecule has 3 rings (SSSR count). The number of sulfonamides is 1. The Morgan fingerprint density at radius 1 is 1.10 bits per heavy atom. The number of hydrogen-bond acceptors (Lipinski definition) is 4. The lowest BCUT2D eigenvalue weighted by Gasteiger charge is -2.18. The average Bonchev–Trinajstić information content (AvgIpc) is 3.24. The fourth-order valence-corrected chi connectivity index (χ4v) is 5.29. The highest BCUT2D eigenvalue weighted by Crippen LogP contribution is 2.28. The highest BCUT2D eigenvalue weighted by Gasteiger charge is 2.27. The highest BCUT2D eigenvalue weighted by molar-refractivity contribution is 7.89. The molecule has 2 aromatic rings. The first-order valence-corrected chi connectivity index (χ1v) is 11.8. The Morgan fingerprint density at radius 3 is 2.43 bits per heavy atom. The van der Waals surface area contributed by atoms with E-state index in [0.29, 0.717) is 24.4 Å². The largest absolute Gasteiger partial charge is 0.483 e. The summed E-state index contributed by atoms with van der Waals surface area (Å²) in [5.74, 6) is 0.534. The number of hydrogen-bond donors (Lipinski definition) is 1. The number of rotatable bonds is 7. The van der Waals surface area contributed by atoms with E-state index in [1.165, 1.54) is 4.31 Å². The van der Waals surface area contributed by atoms with E-state index in [1.54, 1.807) is 25.1 Å². The average molecular weight is 431 g/mol. The second kappa shape index (κ2) is 9.18. The van der Waals surface area contributed by atoms with Crippen LogP contribution in [-0.2, 0) is 14.8 Å². The summed E-state index contributed by atoms with van der Waals surface area (Å²) in [4.78, 5) is 12.7. The van der Waals surface area contributed by atoms with E-state index in [4.69, 9.17) is 4.74 Å². The summed E-state index contributed by atoms with van der Waals surface area (Å²) < 4.78 is 32.6. The minimum Gasteiger partial charge on any atom is -0.483 e. The van der Waals surface area contributed by atoms with E-state index in [1.807, 2.05) is 25.1 Å². The monoisotopic (exact) mass is 430 g/mol. The number of nitrogens with zero attached hydrogens (tertiary/aromatic N) is 1. The van der Waals surface area contributed by atoms with E-state index >= 15 is 0 Å². The van der Waals surface area contributed by atoms with Gasteiger partial charge in [0.05, 0.1) is 4.90 Å². The second-order valence-corrected chi connectivity index (χ2v) is 10.0. The van der Waals surface area contributed by atoms with Crippen LogP contribution in [0.5, 0.6) is 5.75 Å². The normalized spacial score (nSPS) is 14.8. The van der Waals surface area contributed by atoms with Crippen LogP contribution in [0.4, 0.5) is 5.69 Å². The quantitative estimate of drug-likeness (QED) is 0.713. The van der Waals surface area contributed by atoms with Crippen molar-refractivity contribution in [1.82, 2.24) is 4.31 Å². The highest BCUT2D eigenvalue weighted by atomic mass is 32.2. The molecule has 2 aromatic carbocycles. The molecular weight excluding hydrogens is 400 g/mol. The standard InChI is InChI=1S/C23H30N2O4S/c1-16(2)20-9-7-8-17(3)23(20)24-22(26)15-29-21-11-10-19(14-18(21)4)30(27,28)25-12-5-6-13-25/h7-11,14,16H,5-6,12-13,15H2,1-4H3,(H,24,26). The molecule has 0 bridgehead atoms. The van der Waals surface area contributed by atoms with Crippen LogP contribution >= 0.6 is 0 Å². The maximum absolute atomic E-state index is 12.7. The Labute approximate surface area is 179 Å². The van der Waals surface area contributed by atoms with Crippen LogP contribution in [0, 0.1) is 13.8 Å². The van der Waals surface area contributed by atoms with Gasteiger partial charge in [-0.25, -0.2) is 8.42 Å². The molecule has 0 aliphatic carbocycles. The van der Waals surface area contributed by atoms with E-state index < -0.39 is 10.0 Å². The molecule has 7 heteroatoms. The number of ether oxygens (including phenoxy) is 1. The van der Waals surface area contributed by atoms with Crippen molar-refractivity contribution < 1.29 is 17.9 Å². The molecule has 1 aliphatic rings.